The Bertz CT molecular complexity index is 182. The lowest BCUT2D eigenvalue weighted by molar-refractivity contribution is 0.150. The third kappa shape index (κ3) is 6.09. The van der Waals surface area contributed by atoms with Gasteiger partial charge < -0.3 is 15.4 Å². The second kappa shape index (κ2) is 7.54. The molecular weight excluding hydrogens is 220 g/mol. The topological polar surface area (TPSA) is 33.3 Å². The van der Waals surface area contributed by atoms with Gasteiger partial charge in [0.05, 0.1) is 0 Å². The standard InChI is InChI=1S/C12H26N2OS/c1-12(2,4-6-15-3)10-13-8-11-9-16-7-5-14-11/h11,13-14H,4-10H2,1-3H3. The minimum absolute atomic E-state index is 0.331. The van der Waals surface area contributed by atoms with Crippen molar-refractivity contribution >= 4 is 11.8 Å². The lowest BCUT2D eigenvalue weighted by atomic mass is 9.89. The van der Waals surface area contributed by atoms with Gasteiger partial charge in [0.2, 0.25) is 0 Å². The number of thioether (sulfide) groups is 1. The number of rotatable bonds is 7. The van der Waals surface area contributed by atoms with Gasteiger partial charge in [-0.15, -0.1) is 0 Å². The van der Waals surface area contributed by atoms with Crippen molar-refractivity contribution in [2.24, 2.45) is 5.41 Å². The first-order valence-corrected chi connectivity index (χ1v) is 7.30. The van der Waals surface area contributed by atoms with Crippen LogP contribution < -0.4 is 10.6 Å². The van der Waals surface area contributed by atoms with E-state index >= 15 is 0 Å². The smallest absolute Gasteiger partial charge is 0.0467 e. The van der Waals surface area contributed by atoms with Gasteiger partial charge in [-0.25, -0.2) is 0 Å². The summed E-state index contributed by atoms with van der Waals surface area (Å²) in [5, 5.41) is 7.11. The number of hydrogen-bond acceptors (Lipinski definition) is 4. The Morgan fingerprint density at radius 3 is 2.94 bits per heavy atom. The van der Waals surface area contributed by atoms with Gasteiger partial charge in [0.25, 0.3) is 0 Å². The minimum atomic E-state index is 0.331. The van der Waals surface area contributed by atoms with Gasteiger partial charge in [0.15, 0.2) is 0 Å². The van der Waals surface area contributed by atoms with Crippen LogP contribution in [0, 0.1) is 5.41 Å². The summed E-state index contributed by atoms with van der Waals surface area (Å²) in [6.45, 7) is 8.75. The summed E-state index contributed by atoms with van der Waals surface area (Å²) >= 11 is 2.05. The highest BCUT2D eigenvalue weighted by molar-refractivity contribution is 7.99. The summed E-state index contributed by atoms with van der Waals surface area (Å²) in [7, 11) is 1.77. The van der Waals surface area contributed by atoms with Crippen LogP contribution in [0.25, 0.3) is 0 Å². The van der Waals surface area contributed by atoms with Crippen LogP contribution in [0.3, 0.4) is 0 Å². The molecule has 1 atom stereocenters. The van der Waals surface area contributed by atoms with Crippen molar-refractivity contribution in [3.8, 4) is 0 Å². The molecule has 1 unspecified atom stereocenters. The zero-order chi connectivity index (χ0) is 11.9. The maximum Gasteiger partial charge on any atom is 0.0467 e. The van der Waals surface area contributed by atoms with Crippen LogP contribution in [0.5, 0.6) is 0 Å². The summed E-state index contributed by atoms with van der Waals surface area (Å²) in [4.78, 5) is 0. The van der Waals surface area contributed by atoms with Crippen LogP contribution in [-0.2, 0) is 4.74 Å². The number of hydrogen-bond donors (Lipinski definition) is 2. The Labute approximate surface area is 104 Å². The fourth-order valence-electron chi connectivity index (χ4n) is 1.80. The highest BCUT2D eigenvalue weighted by Crippen LogP contribution is 2.18. The summed E-state index contributed by atoms with van der Waals surface area (Å²) in [6, 6.07) is 0.650. The van der Waals surface area contributed by atoms with E-state index in [2.05, 4.69) is 36.2 Å². The van der Waals surface area contributed by atoms with Crippen molar-refractivity contribution < 1.29 is 4.74 Å². The lowest BCUT2D eigenvalue weighted by Gasteiger charge is -2.28. The molecule has 0 radical (unpaired) electrons. The molecule has 3 nitrogen and oxygen atoms in total. The van der Waals surface area contributed by atoms with Gasteiger partial charge in [0.1, 0.15) is 0 Å². The van der Waals surface area contributed by atoms with E-state index in [1.165, 1.54) is 11.5 Å². The van der Waals surface area contributed by atoms with Crippen molar-refractivity contribution in [2.45, 2.75) is 26.3 Å². The van der Waals surface area contributed by atoms with E-state index in [-0.39, 0.29) is 0 Å². The van der Waals surface area contributed by atoms with E-state index in [9.17, 15) is 0 Å². The highest BCUT2D eigenvalue weighted by Gasteiger charge is 2.18. The molecule has 0 saturated carbocycles. The molecule has 1 rings (SSSR count). The molecule has 0 aromatic carbocycles. The first kappa shape index (κ1) is 14.3. The van der Waals surface area contributed by atoms with E-state index in [0.29, 0.717) is 11.5 Å². The average Bonchev–Trinajstić information content (AvgIpc) is 2.28. The van der Waals surface area contributed by atoms with E-state index in [1.807, 2.05) is 0 Å². The molecular formula is C12H26N2OS. The number of methoxy groups -OCH3 is 1. The molecule has 0 aliphatic carbocycles. The first-order chi connectivity index (χ1) is 7.64. The summed E-state index contributed by atoms with van der Waals surface area (Å²) < 4.78 is 5.13. The zero-order valence-corrected chi connectivity index (χ0v) is 11.7. The van der Waals surface area contributed by atoms with Crippen molar-refractivity contribution in [2.75, 3.05) is 44.9 Å². The second-order valence-electron chi connectivity index (χ2n) is 5.26. The van der Waals surface area contributed by atoms with Crippen molar-refractivity contribution in [3.05, 3.63) is 0 Å². The summed E-state index contributed by atoms with van der Waals surface area (Å²) in [5.74, 6) is 2.50. The van der Waals surface area contributed by atoms with Crippen LogP contribution in [-0.4, -0.2) is 50.9 Å². The average molecular weight is 246 g/mol. The van der Waals surface area contributed by atoms with Gasteiger partial charge in [-0.1, -0.05) is 13.8 Å². The molecule has 1 aliphatic heterocycles. The largest absolute Gasteiger partial charge is 0.385 e. The van der Waals surface area contributed by atoms with E-state index in [1.54, 1.807) is 7.11 Å². The van der Waals surface area contributed by atoms with Gasteiger partial charge in [0, 0.05) is 50.9 Å². The summed E-state index contributed by atoms with van der Waals surface area (Å²) in [5.41, 5.74) is 0.331. The summed E-state index contributed by atoms with van der Waals surface area (Å²) in [6.07, 6.45) is 1.11. The van der Waals surface area contributed by atoms with Gasteiger partial charge in [-0.3, -0.25) is 0 Å². The van der Waals surface area contributed by atoms with Crippen molar-refractivity contribution in [1.29, 1.82) is 0 Å². The Morgan fingerprint density at radius 1 is 1.50 bits per heavy atom. The molecule has 0 aromatic heterocycles. The maximum atomic E-state index is 5.13. The van der Waals surface area contributed by atoms with Gasteiger partial charge in [-0.05, 0) is 11.8 Å². The van der Waals surface area contributed by atoms with Crippen LogP contribution in [0.1, 0.15) is 20.3 Å². The Kier molecular flexibility index (Phi) is 6.73. The monoisotopic (exact) mass is 246 g/mol. The van der Waals surface area contributed by atoms with E-state index in [4.69, 9.17) is 4.74 Å². The molecule has 1 fully saturated rings. The van der Waals surface area contributed by atoms with E-state index in [0.717, 1.165) is 32.7 Å². The Hall–Kier alpha value is 0.230. The SMILES string of the molecule is COCCC(C)(C)CNCC1CSCCN1. The van der Waals surface area contributed by atoms with Gasteiger partial charge >= 0.3 is 0 Å². The first-order valence-electron chi connectivity index (χ1n) is 6.15. The van der Waals surface area contributed by atoms with Gasteiger partial charge in [-0.2, -0.15) is 11.8 Å². The van der Waals surface area contributed by atoms with E-state index < -0.39 is 0 Å². The lowest BCUT2D eigenvalue weighted by Crippen LogP contribution is -2.46. The van der Waals surface area contributed by atoms with Crippen LogP contribution in [0.2, 0.25) is 0 Å². The van der Waals surface area contributed by atoms with Crippen LogP contribution >= 0.6 is 11.8 Å². The number of nitrogens with one attached hydrogen (secondary N) is 2. The predicted molar refractivity (Wildman–Crippen MR) is 72.3 cm³/mol. The molecule has 1 heterocycles. The Morgan fingerprint density at radius 2 is 2.31 bits per heavy atom. The molecule has 4 heteroatoms. The van der Waals surface area contributed by atoms with Crippen LogP contribution in [0.4, 0.5) is 0 Å². The number of ether oxygens (including phenoxy) is 1. The molecule has 2 N–H and O–H groups in total. The molecule has 16 heavy (non-hydrogen) atoms. The normalized spacial score (nSPS) is 22.3. The second-order valence-corrected chi connectivity index (χ2v) is 6.41. The third-order valence-corrected chi connectivity index (χ3v) is 4.11. The molecule has 1 aliphatic rings. The predicted octanol–water partition coefficient (Wildman–Crippen LogP) is 1.34. The molecule has 0 spiro atoms. The molecule has 0 bridgehead atoms. The van der Waals surface area contributed by atoms with Crippen molar-refractivity contribution in [3.63, 3.8) is 0 Å². The quantitative estimate of drug-likeness (QED) is 0.710. The van der Waals surface area contributed by atoms with Crippen LogP contribution in [0.15, 0.2) is 0 Å². The highest BCUT2D eigenvalue weighted by atomic mass is 32.2. The maximum absolute atomic E-state index is 5.13. The fraction of sp³-hybridized carbons (Fsp3) is 1.00. The van der Waals surface area contributed by atoms with Crippen molar-refractivity contribution in [1.82, 2.24) is 10.6 Å². The minimum Gasteiger partial charge on any atom is -0.385 e. The Balaban J connectivity index is 2.08. The third-order valence-electron chi connectivity index (χ3n) is 2.98. The molecule has 0 amide bonds. The molecule has 0 aromatic rings. The molecule has 96 valence electrons. The molecule has 1 saturated heterocycles. The zero-order valence-electron chi connectivity index (χ0n) is 10.8. The fourth-order valence-corrected chi connectivity index (χ4v) is 2.75.